The Morgan fingerprint density at radius 3 is 2.68 bits per heavy atom. The first-order chi connectivity index (χ1) is 9.10. The molecule has 0 N–H and O–H groups in total. The minimum absolute atomic E-state index is 0.123. The van der Waals surface area contributed by atoms with Crippen molar-refractivity contribution in [3.05, 3.63) is 64.4 Å². The van der Waals surface area contributed by atoms with Gasteiger partial charge in [-0.05, 0) is 42.2 Å². The van der Waals surface area contributed by atoms with Crippen LogP contribution in [0.5, 0.6) is 0 Å². The molecule has 0 atom stereocenters. The maximum atomic E-state index is 13.8. The monoisotopic (exact) mass is 294 g/mol. The summed E-state index contributed by atoms with van der Waals surface area (Å²) in [7, 11) is 0. The van der Waals surface area contributed by atoms with Crippen molar-refractivity contribution in [1.82, 2.24) is 0 Å². The van der Waals surface area contributed by atoms with E-state index in [0.717, 1.165) is 10.5 Å². The molecule has 1 nitrogen and oxygen atoms in total. The van der Waals surface area contributed by atoms with E-state index >= 15 is 0 Å². The maximum absolute atomic E-state index is 13.8. The highest BCUT2D eigenvalue weighted by atomic mass is 35.5. The standard InChI is InChI=1S/C15H12ClFOS/c1-19-12-5-6-13(14(17)9-12)15(18)8-10-3-2-4-11(16)7-10/h2-7,9H,8H2,1H3. The maximum Gasteiger partial charge on any atom is 0.170 e. The van der Waals surface area contributed by atoms with E-state index in [4.69, 9.17) is 11.6 Å². The second-order valence-electron chi connectivity index (χ2n) is 4.08. The van der Waals surface area contributed by atoms with Gasteiger partial charge in [-0.15, -0.1) is 11.8 Å². The summed E-state index contributed by atoms with van der Waals surface area (Å²) in [6, 6.07) is 11.7. The topological polar surface area (TPSA) is 17.1 Å². The summed E-state index contributed by atoms with van der Waals surface area (Å²) in [4.78, 5) is 12.9. The third-order valence-electron chi connectivity index (χ3n) is 2.73. The van der Waals surface area contributed by atoms with E-state index in [9.17, 15) is 9.18 Å². The molecule has 0 heterocycles. The lowest BCUT2D eigenvalue weighted by atomic mass is 10.0. The van der Waals surface area contributed by atoms with Crippen LogP contribution in [0.3, 0.4) is 0 Å². The molecule has 0 saturated heterocycles. The van der Waals surface area contributed by atoms with Crippen molar-refractivity contribution in [2.75, 3.05) is 6.26 Å². The van der Waals surface area contributed by atoms with Gasteiger partial charge in [-0.1, -0.05) is 23.7 Å². The van der Waals surface area contributed by atoms with Crippen molar-refractivity contribution in [2.45, 2.75) is 11.3 Å². The molecule has 0 spiro atoms. The van der Waals surface area contributed by atoms with Crippen LogP contribution in [0.1, 0.15) is 15.9 Å². The Labute approximate surface area is 120 Å². The number of ketones is 1. The number of carbonyl (C=O) groups is 1. The SMILES string of the molecule is CSc1ccc(C(=O)Cc2cccc(Cl)c2)c(F)c1. The first-order valence-electron chi connectivity index (χ1n) is 5.71. The number of rotatable bonds is 4. The zero-order valence-corrected chi connectivity index (χ0v) is 11.9. The van der Waals surface area contributed by atoms with Gasteiger partial charge in [-0.3, -0.25) is 4.79 Å². The number of halogens is 2. The van der Waals surface area contributed by atoms with Gasteiger partial charge in [0.05, 0.1) is 5.56 Å². The molecule has 4 heteroatoms. The molecule has 0 aliphatic heterocycles. The van der Waals surface area contributed by atoms with Gasteiger partial charge in [0, 0.05) is 16.3 Å². The molecule has 2 aromatic carbocycles. The molecule has 0 fully saturated rings. The minimum atomic E-state index is -0.473. The van der Waals surface area contributed by atoms with Crippen molar-refractivity contribution >= 4 is 29.1 Å². The second-order valence-corrected chi connectivity index (χ2v) is 5.39. The summed E-state index contributed by atoms with van der Waals surface area (Å²) in [6.45, 7) is 0. The third kappa shape index (κ3) is 3.58. The van der Waals surface area contributed by atoms with Gasteiger partial charge in [0.2, 0.25) is 0 Å². The van der Waals surface area contributed by atoms with E-state index in [1.807, 2.05) is 6.26 Å². The highest BCUT2D eigenvalue weighted by molar-refractivity contribution is 7.98. The predicted octanol–water partition coefficient (Wildman–Crippen LogP) is 4.63. The van der Waals surface area contributed by atoms with Gasteiger partial charge in [-0.25, -0.2) is 4.39 Å². The van der Waals surface area contributed by atoms with Gasteiger partial charge in [0.25, 0.3) is 0 Å². The summed E-state index contributed by atoms with van der Waals surface area (Å²) in [5.74, 6) is -0.716. The summed E-state index contributed by atoms with van der Waals surface area (Å²) < 4.78 is 13.8. The fourth-order valence-corrected chi connectivity index (χ4v) is 2.41. The highest BCUT2D eigenvalue weighted by Gasteiger charge is 2.13. The molecular formula is C15H12ClFOS. The van der Waals surface area contributed by atoms with Crippen LogP contribution in [0.2, 0.25) is 5.02 Å². The number of Topliss-reactive ketones (excluding diaryl/α,β-unsaturated/α-hetero) is 1. The Morgan fingerprint density at radius 1 is 1.26 bits per heavy atom. The summed E-state index contributed by atoms with van der Waals surface area (Å²) in [6.07, 6.45) is 2.01. The van der Waals surface area contributed by atoms with Crippen LogP contribution in [0.25, 0.3) is 0 Å². The van der Waals surface area contributed by atoms with Crippen LogP contribution in [-0.4, -0.2) is 12.0 Å². The summed E-state index contributed by atoms with van der Waals surface area (Å²) >= 11 is 7.30. The molecule has 0 aromatic heterocycles. The van der Waals surface area contributed by atoms with Crippen molar-refractivity contribution in [2.24, 2.45) is 0 Å². The lowest BCUT2D eigenvalue weighted by Gasteiger charge is -2.05. The average Bonchev–Trinajstić information content (AvgIpc) is 2.38. The average molecular weight is 295 g/mol. The highest BCUT2D eigenvalue weighted by Crippen LogP contribution is 2.20. The van der Waals surface area contributed by atoms with Crippen molar-refractivity contribution in [3.63, 3.8) is 0 Å². The quantitative estimate of drug-likeness (QED) is 0.604. The first kappa shape index (κ1) is 14.1. The molecule has 98 valence electrons. The number of carbonyl (C=O) groups excluding carboxylic acids is 1. The Morgan fingerprint density at radius 2 is 2.05 bits per heavy atom. The van der Waals surface area contributed by atoms with Crippen LogP contribution in [0.15, 0.2) is 47.4 Å². The number of hydrogen-bond acceptors (Lipinski definition) is 2. The Bertz CT molecular complexity index is 613. The Hall–Kier alpha value is -1.32. The van der Waals surface area contributed by atoms with Gasteiger partial charge in [0.15, 0.2) is 5.78 Å². The zero-order valence-electron chi connectivity index (χ0n) is 10.3. The zero-order chi connectivity index (χ0) is 13.8. The molecule has 0 amide bonds. The fraction of sp³-hybridized carbons (Fsp3) is 0.133. The van der Waals surface area contributed by atoms with E-state index in [0.29, 0.717) is 5.02 Å². The van der Waals surface area contributed by atoms with Crippen LogP contribution in [0.4, 0.5) is 4.39 Å². The van der Waals surface area contributed by atoms with Crippen LogP contribution in [0, 0.1) is 5.82 Å². The lowest BCUT2D eigenvalue weighted by Crippen LogP contribution is -2.06. The Kier molecular flexibility index (Phi) is 4.61. The third-order valence-corrected chi connectivity index (χ3v) is 3.69. The van der Waals surface area contributed by atoms with Crippen LogP contribution >= 0.6 is 23.4 Å². The fourth-order valence-electron chi connectivity index (χ4n) is 1.78. The number of hydrogen-bond donors (Lipinski definition) is 0. The van der Waals surface area contributed by atoms with Gasteiger partial charge < -0.3 is 0 Å². The van der Waals surface area contributed by atoms with E-state index in [1.165, 1.54) is 23.9 Å². The van der Waals surface area contributed by atoms with E-state index < -0.39 is 5.82 Å². The largest absolute Gasteiger partial charge is 0.294 e. The molecule has 0 radical (unpaired) electrons. The molecule has 2 aromatic rings. The van der Waals surface area contributed by atoms with Crippen LogP contribution < -0.4 is 0 Å². The van der Waals surface area contributed by atoms with E-state index in [1.54, 1.807) is 30.3 Å². The summed E-state index contributed by atoms with van der Waals surface area (Å²) in [5.41, 5.74) is 0.906. The van der Waals surface area contributed by atoms with Gasteiger partial charge in [0.1, 0.15) is 5.82 Å². The molecular weight excluding hydrogens is 283 g/mol. The first-order valence-corrected chi connectivity index (χ1v) is 7.31. The Balaban J connectivity index is 2.20. The smallest absolute Gasteiger partial charge is 0.170 e. The molecule has 0 aliphatic rings. The molecule has 2 rings (SSSR count). The lowest BCUT2D eigenvalue weighted by molar-refractivity contribution is 0.0989. The molecule has 0 unspecified atom stereocenters. The normalized spacial score (nSPS) is 10.5. The molecule has 0 aliphatic carbocycles. The molecule has 19 heavy (non-hydrogen) atoms. The number of benzene rings is 2. The van der Waals surface area contributed by atoms with Gasteiger partial charge >= 0.3 is 0 Å². The predicted molar refractivity (Wildman–Crippen MR) is 77.7 cm³/mol. The van der Waals surface area contributed by atoms with Crippen molar-refractivity contribution in [3.8, 4) is 0 Å². The van der Waals surface area contributed by atoms with Crippen molar-refractivity contribution < 1.29 is 9.18 Å². The van der Waals surface area contributed by atoms with Crippen molar-refractivity contribution in [1.29, 1.82) is 0 Å². The molecule has 0 saturated carbocycles. The second kappa shape index (κ2) is 6.22. The minimum Gasteiger partial charge on any atom is -0.294 e. The van der Waals surface area contributed by atoms with Gasteiger partial charge in [-0.2, -0.15) is 0 Å². The molecule has 0 bridgehead atoms. The van der Waals surface area contributed by atoms with Crippen LogP contribution in [-0.2, 0) is 6.42 Å². The summed E-state index contributed by atoms with van der Waals surface area (Å²) in [5, 5.41) is 0.573. The van der Waals surface area contributed by atoms with E-state index in [-0.39, 0.29) is 17.8 Å². The van der Waals surface area contributed by atoms with E-state index in [2.05, 4.69) is 0 Å². The number of thioether (sulfide) groups is 1.